The van der Waals surface area contributed by atoms with Gasteiger partial charge in [-0.15, -0.1) is 0 Å². The fraction of sp³-hybridized carbons (Fsp3) is 0.571. The van der Waals surface area contributed by atoms with Gasteiger partial charge in [0.05, 0.1) is 0 Å². The van der Waals surface area contributed by atoms with Gasteiger partial charge in [0.1, 0.15) is 11.3 Å². The molecule has 5 heteroatoms. The first kappa shape index (κ1) is 26.7. The molecule has 1 atom stereocenters. The summed E-state index contributed by atoms with van der Waals surface area (Å²) >= 11 is 0. The number of rotatable bonds is 12. The number of aromatic hydroxyl groups is 1. The fourth-order valence-electron chi connectivity index (χ4n) is 4.06. The summed E-state index contributed by atoms with van der Waals surface area (Å²) in [6.07, 6.45) is 5.21. The molecule has 0 fully saturated rings. The van der Waals surface area contributed by atoms with Gasteiger partial charge >= 0.3 is 0 Å². The predicted octanol–water partition coefficient (Wildman–Crippen LogP) is 6.50. The van der Waals surface area contributed by atoms with Crippen LogP contribution in [0, 0.1) is 5.92 Å². The lowest BCUT2D eigenvalue weighted by molar-refractivity contribution is 0.0742. The van der Waals surface area contributed by atoms with Gasteiger partial charge < -0.3 is 15.0 Å². The van der Waals surface area contributed by atoms with Crippen molar-refractivity contribution in [2.45, 2.75) is 86.0 Å². The smallest absolute Gasteiger partial charge is 0.264 e. The van der Waals surface area contributed by atoms with E-state index in [9.17, 15) is 14.7 Å². The molecule has 0 spiro atoms. The van der Waals surface area contributed by atoms with Crippen molar-refractivity contribution in [3.63, 3.8) is 0 Å². The number of unbranched alkanes of at least 4 members (excludes halogenated alkanes) is 1. The summed E-state index contributed by atoms with van der Waals surface area (Å²) in [4.78, 5) is 31.2. The maximum Gasteiger partial charge on any atom is 0.264 e. The minimum absolute atomic E-state index is 0.141. The Bertz CT molecular complexity index is 978. The summed E-state index contributed by atoms with van der Waals surface area (Å²) in [5.74, 6) is 0.244. The van der Waals surface area contributed by atoms with Crippen LogP contribution in [0.3, 0.4) is 0 Å². The van der Waals surface area contributed by atoms with Crippen molar-refractivity contribution in [2.75, 3.05) is 13.1 Å². The highest BCUT2D eigenvalue weighted by atomic mass is 16.3. The van der Waals surface area contributed by atoms with Gasteiger partial charge in [-0.3, -0.25) is 9.59 Å². The van der Waals surface area contributed by atoms with Crippen LogP contribution in [0.2, 0.25) is 0 Å². The predicted molar refractivity (Wildman–Crippen MR) is 137 cm³/mol. The van der Waals surface area contributed by atoms with E-state index in [1.165, 1.54) is 0 Å². The van der Waals surface area contributed by atoms with Crippen molar-refractivity contribution in [1.82, 2.24) is 9.88 Å². The number of carbonyl (C=O) groups is 1. The van der Waals surface area contributed by atoms with E-state index >= 15 is 0 Å². The Hall–Kier alpha value is -2.56. The SMILES string of the molecule is CCCCc1[nH]c(=O)c(C(=O)N(CCC)CCC(C)CC)c(O)c1-c1cccc(C(C)C)c1. The van der Waals surface area contributed by atoms with Gasteiger partial charge in [0.15, 0.2) is 0 Å². The Labute approximate surface area is 199 Å². The summed E-state index contributed by atoms with van der Waals surface area (Å²) in [6, 6.07) is 8.02. The number of amides is 1. The lowest BCUT2D eigenvalue weighted by Crippen LogP contribution is -2.37. The van der Waals surface area contributed by atoms with E-state index < -0.39 is 5.56 Å². The minimum atomic E-state index is -0.503. The minimum Gasteiger partial charge on any atom is -0.506 e. The van der Waals surface area contributed by atoms with E-state index in [-0.39, 0.29) is 17.2 Å². The topological polar surface area (TPSA) is 73.4 Å². The molecule has 2 rings (SSSR count). The van der Waals surface area contributed by atoms with E-state index in [0.717, 1.165) is 43.2 Å². The van der Waals surface area contributed by atoms with Crippen molar-refractivity contribution in [3.05, 3.63) is 51.4 Å². The van der Waals surface area contributed by atoms with Crippen LogP contribution in [0.15, 0.2) is 29.1 Å². The highest BCUT2D eigenvalue weighted by Gasteiger charge is 2.27. The molecule has 1 amide bonds. The first-order valence-electron chi connectivity index (χ1n) is 12.6. The summed E-state index contributed by atoms with van der Waals surface area (Å²) in [5, 5.41) is 11.4. The van der Waals surface area contributed by atoms with Crippen LogP contribution in [-0.4, -0.2) is 34.0 Å². The molecule has 0 saturated heterocycles. The number of nitrogens with one attached hydrogen (secondary N) is 1. The lowest BCUT2D eigenvalue weighted by atomic mass is 9.93. The molecule has 0 bridgehead atoms. The maximum absolute atomic E-state index is 13.5. The molecule has 0 saturated carbocycles. The highest BCUT2D eigenvalue weighted by molar-refractivity contribution is 5.99. The molecule has 1 heterocycles. The van der Waals surface area contributed by atoms with E-state index in [1.54, 1.807) is 4.90 Å². The van der Waals surface area contributed by atoms with Crippen molar-refractivity contribution >= 4 is 5.91 Å². The molecule has 5 nitrogen and oxygen atoms in total. The fourth-order valence-corrected chi connectivity index (χ4v) is 4.06. The van der Waals surface area contributed by atoms with Gasteiger partial charge in [-0.1, -0.05) is 78.6 Å². The Kier molecular flexibility index (Phi) is 10.2. The molecule has 2 aromatic rings. The van der Waals surface area contributed by atoms with Gasteiger partial charge in [-0.2, -0.15) is 0 Å². The van der Waals surface area contributed by atoms with Crippen LogP contribution in [0.4, 0.5) is 0 Å². The number of aromatic nitrogens is 1. The molecule has 0 aliphatic rings. The van der Waals surface area contributed by atoms with Crippen molar-refractivity contribution in [1.29, 1.82) is 0 Å². The molecule has 0 aliphatic heterocycles. The zero-order valence-electron chi connectivity index (χ0n) is 21.3. The highest BCUT2D eigenvalue weighted by Crippen LogP contribution is 2.35. The largest absolute Gasteiger partial charge is 0.506 e. The van der Waals surface area contributed by atoms with Crippen LogP contribution in [0.1, 0.15) is 101 Å². The second-order valence-electron chi connectivity index (χ2n) is 9.51. The van der Waals surface area contributed by atoms with Crippen LogP contribution >= 0.6 is 0 Å². The van der Waals surface area contributed by atoms with E-state index in [2.05, 4.69) is 51.7 Å². The number of hydrogen-bond acceptors (Lipinski definition) is 3. The Morgan fingerprint density at radius 1 is 1.09 bits per heavy atom. The van der Waals surface area contributed by atoms with Crippen molar-refractivity contribution < 1.29 is 9.90 Å². The monoisotopic (exact) mass is 454 g/mol. The van der Waals surface area contributed by atoms with Crippen LogP contribution in [0.5, 0.6) is 5.75 Å². The molecule has 33 heavy (non-hydrogen) atoms. The second kappa shape index (κ2) is 12.6. The lowest BCUT2D eigenvalue weighted by Gasteiger charge is -2.24. The molecular weight excluding hydrogens is 412 g/mol. The third kappa shape index (κ3) is 6.72. The standard InChI is InChI=1S/C28H42N2O3/c1-7-10-14-23-24(22-13-11-12-21(18-22)19(4)5)26(31)25(27(32)29-23)28(33)30(16-8-2)17-15-20(6)9-3/h11-13,18-20H,7-10,14-17H2,1-6H3,(H2,29,31,32). The first-order chi connectivity index (χ1) is 15.7. The molecule has 1 aromatic carbocycles. The van der Waals surface area contributed by atoms with E-state index in [0.29, 0.717) is 42.6 Å². The van der Waals surface area contributed by atoms with E-state index in [4.69, 9.17) is 0 Å². The molecule has 2 N–H and O–H groups in total. The van der Waals surface area contributed by atoms with Gasteiger partial charge in [0, 0.05) is 24.3 Å². The van der Waals surface area contributed by atoms with Crippen molar-refractivity contribution in [3.8, 4) is 16.9 Å². The Balaban J connectivity index is 2.62. The molecule has 0 aliphatic carbocycles. The molecular formula is C28H42N2O3. The Morgan fingerprint density at radius 3 is 2.42 bits per heavy atom. The van der Waals surface area contributed by atoms with Gasteiger partial charge in [0.2, 0.25) is 0 Å². The number of H-pyrrole nitrogens is 1. The van der Waals surface area contributed by atoms with Gasteiger partial charge in [0.25, 0.3) is 11.5 Å². The maximum atomic E-state index is 13.5. The van der Waals surface area contributed by atoms with Crippen LogP contribution in [0.25, 0.3) is 11.1 Å². The first-order valence-corrected chi connectivity index (χ1v) is 12.6. The normalized spacial score (nSPS) is 12.2. The number of benzene rings is 1. The summed E-state index contributed by atoms with van der Waals surface area (Å²) < 4.78 is 0. The molecule has 1 aromatic heterocycles. The number of aromatic amines is 1. The quantitative estimate of drug-likeness (QED) is 0.384. The van der Waals surface area contributed by atoms with Crippen molar-refractivity contribution in [2.24, 2.45) is 5.92 Å². The molecule has 182 valence electrons. The van der Waals surface area contributed by atoms with Gasteiger partial charge in [-0.25, -0.2) is 0 Å². The number of aryl methyl sites for hydroxylation is 1. The van der Waals surface area contributed by atoms with E-state index in [1.807, 2.05) is 19.1 Å². The second-order valence-corrected chi connectivity index (χ2v) is 9.51. The number of pyridine rings is 1. The van der Waals surface area contributed by atoms with Crippen LogP contribution < -0.4 is 5.56 Å². The summed E-state index contributed by atoms with van der Waals surface area (Å²) in [5.41, 5.74) is 2.60. The average Bonchev–Trinajstić information content (AvgIpc) is 2.79. The van der Waals surface area contributed by atoms with Gasteiger partial charge in [-0.05, 0) is 48.6 Å². The van der Waals surface area contributed by atoms with Crippen LogP contribution in [-0.2, 0) is 6.42 Å². The third-order valence-electron chi connectivity index (χ3n) is 6.47. The third-order valence-corrected chi connectivity index (χ3v) is 6.47. The number of hydrogen-bond donors (Lipinski definition) is 2. The molecule has 0 radical (unpaired) electrons. The Morgan fingerprint density at radius 2 is 1.82 bits per heavy atom. The summed E-state index contributed by atoms with van der Waals surface area (Å²) in [7, 11) is 0. The zero-order chi connectivity index (χ0) is 24.5. The zero-order valence-corrected chi connectivity index (χ0v) is 21.3. The number of nitrogens with zero attached hydrogens (tertiary/aromatic N) is 1. The average molecular weight is 455 g/mol. The molecule has 1 unspecified atom stereocenters. The number of carbonyl (C=O) groups excluding carboxylic acids is 1. The summed E-state index contributed by atoms with van der Waals surface area (Å²) in [6.45, 7) is 13.8.